The molecule has 9 heteroatoms. The van der Waals surface area contributed by atoms with Gasteiger partial charge in [-0.3, -0.25) is 24.2 Å². The molecule has 1 fully saturated rings. The number of aromatic nitrogens is 1. The van der Waals surface area contributed by atoms with Crippen LogP contribution >= 0.6 is 11.3 Å². The summed E-state index contributed by atoms with van der Waals surface area (Å²) in [6.45, 7) is 0.606. The van der Waals surface area contributed by atoms with Gasteiger partial charge in [0.25, 0.3) is 11.8 Å². The van der Waals surface area contributed by atoms with E-state index < -0.39 is 11.8 Å². The molecule has 1 saturated heterocycles. The third-order valence-corrected chi connectivity index (χ3v) is 6.75. The minimum absolute atomic E-state index is 0.116. The molecule has 0 spiro atoms. The molecule has 164 valence electrons. The molecule has 3 amide bonds. The molecule has 5 rings (SSSR count). The number of nitrogens with zero attached hydrogens (tertiary/aromatic N) is 3. The van der Waals surface area contributed by atoms with Gasteiger partial charge in [0.15, 0.2) is 5.13 Å². The maximum absolute atomic E-state index is 13.4. The number of thiazole rings is 1. The molecule has 0 bridgehead atoms. The highest BCUT2D eigenvalue weighted by molar-refractivity contribution is 7.22. The fourth-order valence-electron chi connectivity index (χ4n) is 4.07. The Kier molecular flexibility index (Phi) is 5.36. The summed E-state index contributed by atoms with van der Waals surface area (Å²) in [6, 6.07) is 12.2. The van der Waals surface area contributed by atoms with E-state index in [-0.39, 0.29) is 18.6 Å². The molecule has 8 nitrogen and oxygen atoms in total. The number of amides is 3. The molecule has 1 atom stereocenters. The number of carbonyl (C=O) groups excluding carboxylic acids is 3. The van der Waals surface area contributed by atoms with Gasteiger partial charge in [-0.15, -0.1) is 0 Å². The van der Waals surface area contributed by atoms with E-state index in [1.165, 1.54) is 16.2 Å². The Morgan fingerprint density at radius 2 is 1.94 bits per heavy atom. The number of carbonyl (C=O) groups is 3. The van der Waals surface area contributed by atoms with Crippen LogP contribution in [-0.2, 0) is 9.53 Å². The summed E-state index contributed by atoms with van der Waals surface area (Å²) in [7, 11) is 1.57. The van der Waals surface area contributed by atoms with Crippen LogP contribution in [0.4, 0.5) is 5.13 Å². The summed E-state index contributed by atoms with van der Waals surface area (Å²) in [5.74, 6) is -0.674. The first-order chi connectivity index (χ1) is 15.6. The molecule has 3 aromatic rings. The number of anilines is 1. The highest BCUT2D eigenvalue weighted by atomic mass is 32.1. The Morgan fingerprint density at radius 3 is 2.59 bits per heavy atom. The molecule has 1 unspecified atom stereocenters. The zero-order valence-corrected chi connectivity index (χ0v) is 18.3. The van der Waals surface area contributed by atoms with Crippen molar-refractivity contribution < 1.29 is 23.9 Å². The summed E-state index contributed by atoms with van der Waals surface area (Å²) in [5, 5.41) is 0.488. The molecule has 0 N–H and O–H groups in total. The molecule has 0 aliphatic carbocycles. The molecular weight excluding hydrogens is 430 g/mol. The van der Waals surface area contributed by atoms with Crippen LogP contribution in [-0.4, -0.2) is 60.5 Å². The fraction of sp³-hybridized carbons (Fsp3) is 0.304. The number of imide groups is 1. The topological polar surface area (TPSA) is 89.0 Å². The van der Waals surface area contributed by atoms with Crippen molar-refractivity contribution in [2.75, 3.05) is 31.7 Å². The molecular formula is C23H21N3O5S. The Labute approximate surface area is 188 Å². The third-order valence-electron chi connectivity index (χ3n) is 5.70. The number of rotatable bonds is 6. The largest absolute Gasteiger partial charge is 0.494 e. The lowest BCUT2D eigenvalue weighted by atomic mass is 10.1. The van der Waals surface area contributed by atoms with Crippen LogP contribution in [0.1, 0.15) is 33.6 Å². The average Bonchev–Trinajstić information content (AvgIpc) is 3.53. The van der Waals surface area contributed by atoms with Gasteiger partial charge in [0.2, 0.25) is 5.91 Å². The molecule has 0 saturated carbocycles. The second-order valence-electron chi connectivity index (χ2n) is 7.68. The lowest BCUT2D eigenvalue weighted by Crippen LogP contribution is -2.45. The lowest BCUT2D eigenvalue weighted by molar-refractivity contribution is -0.119. The lowest BCUT2D eigenvalue weighted by Gasteiger charge is -2.25. The molecule has 32 heavy (non-hydrogen) atoms. The third kappa shape index (κ3) is 3.53. The SMILES string of the molecule is COc1cccc2sc(N(CC3CCCO3)C(=O)CN3C(=O)c4ccccc4C3=O)nc12. The van der Waals surface area contributed by atoms with E-state index in [4.69, 9.17) is 9.47 Å². The highest BCUT2D eigenvalue weighted by Gasteiger charge is 2.38. The molecule has 3 heterocycles. The van der Waals surface area contributed by atoms with Crippen molar-refractivity contribution in [1.29, 1.82) is 0 Å². The van der Waals surface area contributed by atoms with Crippen LogP contribution in [0.25, 0.3) is 10.2 Å². The Morgan fingerprint density at radius 1 is 1.19 bits per heavy atom. The van der Waals surface area contributed by atoms with E-state index in [0.29, 0.717) is 40.7 Å². The molecule has 1 aromatic heterocycles. The van der Waals surface area contributed by atoms with Crippen molar-refractivity contribution >= 4 is 44.4 Å². The van der Waals surface area contributed by atoms with E-state index in [2.05, 4.69) is 4.98 Å². The Bertz CT molecular complexity index is 1180. The van der Waals surface area contributed by atoms with E-state index in [1.54, 1.807) is 31.4 Å². The van der Waals surface area contributed by atoms with Crippen LogP contribution in [0.15, 0.2) is 42.5 Å². The van der Waals surface area contributed by atoms with Crippen LogP contribution in [0.2, 0.25) is 0 Å². The Hall–Kier alpha value is -3.30. The first-order valence-electron chi connectivity index (χ1n) is 10.4. The van der Waals surface area contributed by atoms with Gasteiger partial charge in [0.1, 0.15) is 17.8 Å². The monoisotopic (exact) mass is 451 g/mol. The van der Waals surface area contributed by atoms with Crippen LogP contribution < -0.4 is 9.64 Å². The average molecular weight is 452 g/mol. The van der Waals surface area contributed by atoms with Gasteiger partial charge in [-0.25, -0.2) is 4.98 Å². The van der Waals surface area contributed by atoms with Crippen molar-refractivity contribution in [2.24, 2.45) is 0 Å². The summed E-state index contributed by atoms with van der Waals surface area (Å²) in [6.07, 6.45) is 1.65. The second kappa shape index (κ2) is 8.33. The first-order valence-corrected chi connectivity index (χ1v) is 11.2. The zero-order chi connectivity index (χ0) is 22.2. The van der Waals surface area contributed by atoms with Gasteiger partial charge in [-0.05, 0) is 37.1 Å². The van der Waals surface area contributed by atoms with E-state index in [0.717, 1.165) is 22.4 Å². The van der Waals surface area contributed by atoms with E-state index >= 15 is 0 Å². The minimum Gasteiger partial charge on any atom is -0.494 e. The number of para-hydroxylation sites is 1. The molecule has 2 aliphatic heterocycles. The fourth-order valence-corrected chi connectivity index (χ4v) is 5.08. The van der Waals surface area contributed by atoms with Crippen molar-refractivity contribution in [3.63, 3.8) is 0 Å². The maximum atomic E-state index is 13.4. The quantitative estimate of drug-likeness (QED) is 0.535. The predicted octanol–water partition coefficient (Wildman–Crippen LogP) is 3.11. The number of benzene rings is 2. The van der Waals surface area contributed by atoms with Crippen molar-refractivity contribution in [2.45, 2.75) is 18.9 Å². The number of ether oxygens (including phenoxy) is 2. The van der Waals surface area contributed by atoms with Crippen LogP contribution in [0.3, 0.4) is 0 Å². The van der Waals surface area contributed by atoms with Gasteiger partial charge in [-0.2, -0.15) is 0 Å². The molecule has 0 radical (unpaired) electrons. The smallest absolute Gasteiger partial charge is 0.262 e. The van der Waals surface area contributed by atoms with Gasteiger partial charge in [0.05, 0.1) is 35.6 Å². The molecule has 2 aromatic carbocycles. The highest BCUT2D eigenvalue weighted by Crippen LogP contribution is 2.35. The number of fused-ring (bicyclic) bond motifs is 2. The van der Waals surface area contributed by atoms with Gasteiger partial charge in [-0.1, -0.05) is 29.5 Å². The first kappa shape index (κ1) is 20.6. The number of hydrogen-bond donors (Lipinski definition) is 0. The van der Waals surface area contributed by atoms with Gasteiger partial charge in [0, 0.05) is 6.61 Å². The van der Waals surface area contributed by atoms with Crippen molar-refractivity contribution in [3.8, 4) is 5.75 Å². The van der Waals surface area contributed by atoms with Crippen molar-refractivity contribution in [3.05, 3.63) is 53.6 Å². The minimum atomic E-state index is -0.456. The van der Waals surface area contributed by atoms with E-state index in [1.807, 2.05) is 18.2 Å². The maximum Gasteiger partial charge on any atom is 0.262 e. The number of hydrogen-bond acceptors (Lipinski definition) is 7. The van der Waals surface area contributed by atoms with Crippen molar-refractivity contribution in [1.82, 2.24) is 9.88 Å². The Balaban J connectivity index is 1.45. The normalized spacial score (nSPS) is 17.8. The standard InChI is InChI=1S/C23H21N3O5S/c1-30-17-9-4-10-18-20(17)24-23(32-18)25(12-14-6-5-11-31-14)19(27)13-26-21(28)15-7-2-3-8-16(15)22(26)29/h2-4,7-10,14H,5-6,11-13H2,1H3. The second-order valence-corrected chi connectivity index (χ2v) is 8.69. The number of methoxy groups -OCH3 is 1. The summed E-state index contributed by atoms with van der Waals surface area (Å²) in [4.78, 5) is 46.1. The summed E-state index contributed by atoms with van der Waals surface area (Å²) >= 11 is 1.36. The predicted molar refractivity (Wildman–Crippen MR) is 119 cm³/mol. The molecule has 2 aliphatic rings. The summed E-state index contributed by atoms with van der Waals surface area (Å²) in [5.41, 5.74) is 1.31. The summed E-state index contributed by atoms with van der Waals surface area (Å²) < 4.78 is 12.0. The van der Waals surface area contributed by atoms with Crippen LogP contribution in [0, 0.1) is 0 Å². The van der Waals surface area contributed by atoms with E-state index in [9.17, 15) is 14.4 Å². The van der Waals surface area contributed by atoms with Crippen LogP contribution in [0.5, 0.6) is 5.75 Å². The van der Waals surface area contributed by atoms with Gasteiger partial charge < -0.3 is 9.47 Å². The zero-order valence-electron chi connectivity index (χ0n) is 17.4. The van der Waals surface area contributed by atoms with Gasteiger partial charge >= 0.3 is 0 Å².